The van der Waals surface area contributed by atoms with Gasteiger partial charge in [0.25, 0.3) is 0 Å². The number of carbonyl (C=O) groups excluding carboxylic acids is 2. The molecule has 0 saturated heterocycles. The summed E-state index contributed by atoms with van der Waals surface area (Å²) >= 11 is 5.95. The molecule has 0 unspecified atom stereocenters. The summed E-state index contributed by atoms with van der Waals surface area (Å²) in [5, 5.41) is 10.9. The largest absolute Gasteiger partial charge is 0.496 e. The van der Waals surface area contributed by atoms with Crippen molar-refractivity contribution in [3.8, 4) is 5.75 Å². The van der Waals surface area contributed by atoms with Crippen molar-refractivity contribution in [1.82, 2.24) is 0 Å². The Morgan fingerprint density at radius 2 is 1.90 bits per heavy atom. The van der Waals surface area contributed by atoms with Crippen LogP contribution in [0.2, 0.25) is 5.02 Å². The predicted molar refractivity (Wildman–Crippen MR) is 74.7 cm³/mol. The predicted octanol–water partition coefficient (Wildman–Crippen LogP) is 1.71. The van der Waals surface area contributed by atoms with Crippen LogP contribution in [0.3, 0.4) is 0 Å². The van der Waals surface area contributed by atoms with E-state index >= 15 is 0 Å². The Hall–Kier alpha value is -2.54. The maximum Gasteiger partial charge on any atom is 0.341 e. The third-order valence-corrected chi connectivity index (χ3v) is 2.64. The second-order valence-electron chi connectivity index (χ2n) is 3.68. The van der Waals surface area contributed by atoms with Crippen LogP contribution >= 0.6 is 11.6 Å². The Labute approximate surface area is 125 Å². The molecule has 0 bridgehead atoms. The fraction of sp³-hybridized carbons (Fsp3) is 0.154. The first-order valence-corrected chi connectivity index (χ1v) is 5.94. The molecule has 21 heavy (non-hydrogen) atoms. The van der Waals surface area contributed by atoms with Crippen LogP contribution in [0.1, 0.15) is 10.4 Å². The van der Waals surface area contributed by atoms with E-state index in [0.717, 1.165) is 6.08 Å². The number of ether oxygens (including phenoxy) is 2. The smallest absolute Gasteiger partial charge is 0.341 e. The zero-order chi connectivity index (χ0) is 16.0. The standard InChI is InChI=1S/C13H12ClNO6/c1-20-10-6-9(15-11(16)3-4-12(17)18)8(14)5-7(10)13(19)21-2/h3-6H,1-2H3,(H,15,16)(H,17,18)/b4-3+. The first-order valence-electron chi connectivity index (χ1n) is 5.57. The number of carboxylic acids is 1. The molecule has 0 fully saturated rings. The molecule has 1 aromatic rings. The van der Waals surface area contributed by atoms with Gasteiger partial charge in [0, 0.05) is 18.2 Å². The van der Waals surface area contributed by atoms with Crippen LogP contribution in [-0.4, -0.2) is 37.2 Å². The van der Waals surface area contributed by atoms with Gasteiger partial charge in [0.1, 0.15) is 11.3 Å². The van der Waals surface area contributed by atoms with Gasteiger partial charge in [-0.15, -0.1) is 0 Å². The number of benzene rings is 1. The zero-order valence-corrected chi connectivity index (χ0v) is 11.9. The summed E-state index contributed by atoms with van der Waals surface area (Å²) < 4.78 is 9.60. The van der Waals surface area contributed by atoms with E-state index in [9.17, 15) is 14.4 Å². The molecule has 0 aliphatic carbocycles. The Balaban J connectivity index is 3.07. The van der Waals surface area contributed by atoms with Gasteiger partial charge in [0.05, 0.1) is 24.9 Å². The highest BCUT2D eigenvalue weighted by Gasteiger charge is 2.17. The summed E-state index contributed by atoms with van der Waals surface area (Å²) in [6.45, 7) is 0. The van der Waals surface area contributed by atoms with Gasteiger partial charge in [-0.25, -0.2) is 9.59 Å². The topological polar surface area (TPSA) is 102 Å². The van der Waals surface area contributed by atoms with Crippen LogP contribution < -0.4 is 10.1 Å². The summed E-state index contributed by atoms with van der Waals surface area (Å²) in [7, 11) is 2.55. The molecular formula is C13H12ClNO6. The van der Waals surface area contributed by atoms with Gasteiger partial charge in [-0.1, -0.05) is 11.6 Å². The number of hydrogen-bond donors (Lipinski definition) is 2. The maximum atomic E-state index is 11.5. The van der Waals surface area contributed by atoms with Crippen molar-refractivity contribution in [2.45, 2.75) is 0 Å². The number of nitrogens with one attached hydrogen (secondary N) is 1. The Kier molecular flexibility index (Phi) is 5.74. The molecule has 7 nitrogen and oxygen atoms in total. The van der Waals surface area contributed by atoms with Crippen molar-refractivity contribution in [2.75, 3.05) is 19.5 Å². The summed E-state index contributed by atoms with van der Waals surface area (Å²) in [5.74, 6) is -2.43. The van der Waals surface area contributed by atoms with Crippen molar-refractivity contribution in [3.05, 3.63) is 34.9 Å². The average Bonchev–Trinajstić information content (AvgIpc) is 2.45. The molecule has 0 spiro atoms. The lowest BCUT2D eigenvalue weighted by molar-refractivity contribution is -0.131. The number of amides is 1. The lowest BCUT2D eigenvalue weighted by Gasteiger charge is -2.11. The number of halogens is 1. The zero-order valence-electron chi connectivity index (χ0n) is 11.2. The molecule has 1 rings (SSSR count). The van der Waals surface area contributed by atoms with E-state index in [2.05, 4.69) is 10.1 Å². The van der Waals surface area contributed by atoms with Crippen LogP contribution in [0.15, 0.2) is 24.3 Å². The number of carbonyl (C=O) groups is 3. The first kappa shape index (κ1) is 16.5. The number of rotatable bonds is 5. The molecule has 1 amide bonds. The third kappa shape index (κ3) is 4.50. The number of hydrogen-bond acceptors (Lipinski definition) is 5. The minimum absolute atomic E-state index is 0.0771. The normalized spacial score (nSPS) is 10.2. The van der Waals surface area contributed by atoms with Gasteiger partial charge >= 0.3 is 11.9 Å². The van der Waals surface area contributed by atoms with Gasteiger partial charge in [-0.05, 0) is 6.07 Å². The van der Waals surface area contributed by atoms with Crippen molar-refractivity contribution >= 4 is 35.1 Å². The van der Waals surface area contributed by atoms with Crippen molar-refractivity contribution in [1.29, 1.82) is 0 Å². The lowest BCUT2D eigenvalue weighted by atomic mass is 10.1. The van der Waals surface area contributed by atoms with E-state index < -0.39 is 17.8 Å². The quantitative estimate of drug-likeness (QED) is 0.634. The van der Waals surface area contributed by atoms with Gasteiger partial charge in [0.15, 0.2) is 0 Å². The summed E-state index contributed by atoms with van der Waals surface area (Å²) in [4.78, 5) is 33.3. The molecule has 0 aliphatic heterocycles. The highest BCUT2D eigenvalue weighted by atomic mass is 35.5. The SMILES string of the molecule is COC(=O)c1cc(Cl)c(NC(=O)/C=C/C(=O)O)cc1OC. The summed E-state index contributed by atoms with van der Waals surface area (Å²) in [6, 6.07) is 2.61. The number of carboxylic acid groups (broad SMARTS) is 1. The first-order chi connectivity index (χ1) is 9.88. The van der Waals surface area contributed by atoms with Crippen molar-refractivity contribution in [3.63, 3.8) is 0 Å². The van der Waals surface area contributed by atoms with E-state index in [4.69, 9.17) is 21.4 Å². The van der Waals surface area contributed by atoms with Crippen molar-refractivity contribution < 1.29 is 29.0 Å². The fourth-order valence-electron chi connectivity index (χ4n) is 1.41. The minimum atomic E-state index is -1.25. The molecule has 1 aromatic carbocycles. The minimum Gasteiger partial charge on any atom is -0.496 e. The van der Waals surface area contributed by atoms with Crippen LogP contribution in [0.25, 0.3) is 0 Å². The van der Waals surface area contributed by atoms with Gasteiger partial charge < -0.3 is 19.9 Å². The molecule has 0 atom stereocenters. The molecule has 2 N–H and O–H groups in total. The molecule has 0 radical (unpaired) electrons. The number of aliphatic carboxylic acids is 1. The fourth-order valence-corrected chi connectivity index (χ4v) is 1.62. The van der Waals surface area contributed by atoms with Crippen LogP contribution in [-0.2, 0) is 14.3 Å². The molecule has 112 valence electrons. The molecule has 0 aromatic heterocycles. The molecular weight excluding hydrogens is 302 g/mol. The Bertz CT molecular complexity index is 611. The van der Waals surface area contributed by atoms with E-state index in [1.165, 1.54) is 26.4 Å². The second kappa shape index (κ2) is 7.30. The van der Waals surface area contributed by atoms with Crippen LogP contribution in [0.5, 0.6) is 5.75 Å². The van der Waals surface area contributed by atoms with Crippen molar-refractivity contribution in [2.24, 2.45) is 0 Å². The summed E-state index contributed by atoms with van der Waals surface area (Å²) in [5.41, 5.74) is 0.269. The maximum absolute atomic E-state index is 11.5. The molecule has 0 aliphatic rings. The number of methoxy groups -OCH3 is 2. The monoisotopic (exact) mass is 313 g/mol. The highest BCUT2D eigenvalue weighted by molar-refractivity contribution is 6.34. The highest BCUT2D eigenvalue weighted by Crippen LogP contribution is 2.31. The summed E-state index contributed by atoms with van der Waals surface area (Å²) in [6.07, 6.45) is 1.52. The van der Waals surface area contributed by atoms with Gasteiger partial charge in [-0.3, -0.25) is 4.79 Å². The molecule has 8 heteroatoms. The second-order valence-corrected chi connectivity index (χ2v) is 4.09. The Morgan fingerprint density at radius 3 is 2.43 bits per heavy atom. The average molecular weight is 314 g/mol. The van der Waals surface area contributed by atoms with Crippen LogP contribution in [0, 0.1) is 0 Å². The molecule has 0 heterocycles. The van der Waals surface area contributed by atoms with E-state index in [1.54, 1.807) is 0 Å². The lowest BCUT2D eigenvalue weighted by Crippen LogP contribution is -2.11. The van der Waals surface area contributed by atoms with Crippen LogP contribution in [0.4, 0.5) is 5.69 Å². The van der Waals surface area contributed by atoms with E-state index in [1.807, 2.05) is 0 Å². The van der Waals surface area contributed by atoms with Gasteiger partial charge in [-0.2, -0.15) is 0 Å². The van der Waals surface area contributed by atoms with Gasteiger partial charge in [0.2, 0.25) is 5.91 Å². The van der Waals surface area contributed by atoms with E-state index in [-0.39, 0.29) is 22.0 Å². The third-order valence-electron chi connectivity index (χ3n) is 2.33. The number of anilines is 1. The number of esters is 1. The van der Waals surface area contributed by atoms with E-state index in [0.29, 0.717) is 6.08 Å². The Morgan fingerprint density at radius 1 is 1.24 bits per heavy atom. The molecule has 0 saturated carbocycles.